The third kappa shape index (κ3) is 3.23. The number of aliphatic hydroxyl groups excluding tert-OH is 1. The summed E-state index contributed by atoms with van der Waals surface area (Å²) in [6.45, 7) is 0.333. The van der Waals surface area contributed by atoms with Crippen LogP contribution in [0.25, 0.3) is 27.9 Å². The van der Waals surface area contributed by atoms with Gasteiger partial charge in [-0.2, -0.15) is 9.61 Å². The highest BCUT2D eigenvalue weighted by Gasteiger charge is 2.33. The Balaban J connectivity index is 1.48. The number of aromatic nitrogens is 5. The van der Waals surface area contributed by atoms with Gasteiger partial charge in [0.15, 0.2) is 5.65 Å². The van der Waals surface area contributed by atoms with E-state index in [1.807, 2.05) is 29.0 Å². The number of halogens is 1. The van der Waals surface area contributed by atoms with Crippen LogP contribution >= 0.6 is 0 Å². The number of carbonyl (C=O) groups is 1. The lowest BCUT2D eigenvalue weighted by Gasteiger charge is -2.32. The van der Waals surface area contributed by atoms with Crippen LogP contribution in [0.15, 0.2) is 36.8 Å². The number of pyridine rings is 1. The topological polar surface area (TPSA) is 119 Å². The zero-order chi connectivity index (χ0) is 23.4. The van der Waals surface area contributed by atoms with Gasteiger partial charge < -0.3 is 25.0 Å². The van der Waals surface area contributed by atoms with E-state index < -0.39 is 18.3 Å². The van der Waals surface area contributed by atoms with Crippen molar-refractivity contribution < 1.29 is 19.0 Å². The fourth-order valence-corrected chi connectivity index (χ4v) is 4.65. The van der Waals surface area contributed by atoms with Gasteiger partial charge in [0, 0.05) is 36.5 Å². The van der Waals surface area contributed by atoms with E-state index in [0.717, 1.165) is 17.4 Å². The van der Waals surface area contributed by atoms with Gasteiger partial charge in [-0.05, 0) is 25.0 Å². The molecule has 176 valence electrons. The van der Waals surface area contributed by atoms with E-state index in [1.165, 1.54) is 6.20 Å². The molecule has 0 bridgehead atoms. The van der Waals surface area contributed by atoms with Gasteiger partial charge in [0.1, 0.15) is 23.2 Å². The number of alkyl halides is 1. The molecular formula is C23H24FN7O3. The smallest absolute Gasteiger partial charge is 0.257 e. The number of rotatable bonds is 5. The summed E-state index contributed by atoms with van der Waals surface area (Å²) in [5.41, 5.74) is 2.70. The minimum atomic E-state index is -1.12. The third-order valence-corrected chi connectivity index (χ3v) is 6.73. The first-order valence-corrected chi connectivity index (χ1v) is 11.3. The van der Waals surface area contributed by atoms with Crippen molar-refractivity contribution in [1.29, 1.82) is 0 Å². The standard InChI is InChI=1S/C23H24FN7O3/c1-25-20-7-17(28-22-13(8-27-31(20)22)23(33)29-16-4-5-19(16)32)14-9-30(18-11-34-10-15(18)24)21-12(14)3-2-6-26-21/h2-3,6-9,15-16,18-19,25,32H,4-5,10-11H2,1H3,(H,29,33)/t15-,16-,18+,19+/m0/s1. The molecular weight excluding hydrogens is 441 g/mol. The van der Waals surface area contributed by atoms with Crippen molar-refractivity contribution in [3.05, 3.63) is 42.4 Å². The van der Waals surface area contributed by atoms with Crippen molar-refractivity contribution in [1.82, 2.24) is 29.5 Å². The first-order chi connectivity index (χ1) is 16.5. The molecule has 1 aliphatic heterocycles. The Hall–Kier alpha value is -3.57. The molecule has 1 aliphatic carbocycles. The summed E-state index contributed by atoms with van der Waals surface area (Å²) >= 11 is 0. The summed E-state index contributed by atoms with van der Waals surface area (Å²) in [4.78, 5) is 22.2. The fourth-order valence-electron chi connectivity index (χ4n) is 4.65. The number of hydrogen-bond acceptors (Lipinski definition) is 7. The Bertz CT molecular complexity index is 1400. The Morgan fingerprint density at radius 1 is 1.29 bits per heavy atom. The van der Waals surface area contributed by atoms with Gasteiger partial charge in [0.05, 0.1) is 43.3 Å². The zero-order valence-electron chi connectivity index (χ0n) is 18.5. The van der Waals surface area contributed by atoms with Crippen molar-refractivity contribution >= 4 is 28.4 Å². The quantitative estimate of drug-likeness (QED) is 0.412. The molecule has 3 N–H and O–H groups in total. The van der Waals surface area contributed by atoms with Gasteiger partial charge in [-0.1, -0.05) is 0 Å². The maximum atomic E-state index is 14.5. The van der Waals surface area contributed by atoms with E-state index in [1.54, 1.807) is 17.8 Å². The number of anilines is 1. The Morgan fingerprint density at radius 2 is 2.18 bits per heavy atom. The molecule has 4 aromatic rings. The van der Waals surface area contributed by atoms with E-state index in [0.29, 0.717) is 34.8 Å². The highest BCUT2D eigenvalue weighted by molar-refractivity contribution is 6.01. The van der Waals surface area contributed by atoms with Crippen LogP contribution in [0.3, 0.4) is 0 Å². The number of carbonyl (C=O) groups excluding carboxylic acids is 1. The summed E-state index contributed by atoms with van der Waals surface area (Å²) in [6.07, 6.45) is 4.76. The largest absolute Gasteiger partial charge is 0.391 e. The minimum Gasteiger partial charge on any atom is -0.391 e. The average molecular weight is 465 g/mol. The van der Waals surface area contributed by atoms with Crippen LogP contribution in [0.5, 0.6) is 0 Å². The molecule has 1 amide bonds. The Morgan fingerprint density at radius 3 is 2.88 bits per heavy atom. The van der Waals surface area contributed by atoms with Gasteiger partial charge in [-0.25, -0.2) is 14.4 Å². The van der Waals surface area contributed by atoms with Crippen LogP contribution in [0.4, 0.5) is 10.2 Å². The van der Waals surface area contributed by atoms with Crippen LogP contribution in [0.2, 0.25) is 0 Å². The molecule has 2 fully saturated rings. The van der Waals surface area contributed by atoms with E-state index >= 15 is 0 Å². The first-order valence-electron chi connectivity index (χ1n) is 11.3. The van der Waals surface area contributed by atoms with E-state index in [-0.39, 0.29) is 25.2 Å². The molecule has 5 heterocycles. The average Bonchev–Trinajstić information content (AvgIpc) is 3.57. The van der Waals surface area contributed by atoms with Crippen LogP contribution in [0, 0.1) is 0 Å². The van der Waals surface area contributed by atoms with E-state index in [4.69, 9.17) is 9.72 Å². The highest BCUT2D eigenvalue weighted by Crippen LogP contribution is 2.35. The molecule has 2 aliphatic rings. The van der Waals surface area contributed by atoms with Crippen molar-refractivity contribution in [2.75, 3.05) is 25.6 Å². The van der Waals surface area contributed by atoms with Gasteiger partial charge in [-0.3, -0.25) is 4.79 Å². The summed E-state index contributed by atoms with van der Waals surface area (Å²) < 4.78 is 23.3. The van der Waals surface area contributed by atoms with E-state index in [2.05, 4.69) is 20.7 Å². The number of nitrogens with zero attached hydrogens (tertiary/aromatic N) is 5. The summed E-state index contributed by atoms with van der Waals surface area (Å²) in [7, 11) is 1.76. The molecule has 1 saturated heterocycles. The van der Waals surface area contributed by atoms with Crippen molar-refractivity contribution in [3.8, 4) is 11.3 Å². The lowest BCUT2D eigenvalue weighted by atomic mass is 9.89. The number of aliphatic hydroxyl groups is 1. The van der Waals surface area contributed by atoms with Crippen LogP contribution in [-0.2, 0) is 4.74 Å². The number of amides is 1. The Labute approximate surface area is 193 Å². The predicted molar refractivity (Wildman–Crippen MR) is 123 cm³/mol. The van der Waals surface area contributed by atoms with Gasteiger partial charge in [0.2, 0.25) is 0 Å². The van der Waals surface area contributed by atoms with Gasteiger partial charge in [-0.15, -0.1) is 0 Å². The number of nitrogens with one attached hydrogen (secondary N) is 2. The molecule has 0 aromatic carbocycles. The molecule has 6 rings (SSSR count). The SMILES string of the molecule is CNc1cc(-c2cn([C@@H]3COC[C@@H]3F)c3ncccc23)nc2c(C(=O)N[C@H]3CC[C@H]3O)cnn12. The molecule has 4 atom stereocenters. The summed E-state index contributed by atoms with van der Waals surface area (Å²) in [5, 5.41) is 21.0. The second-order valence-electron chi connectivity index (χ2n) is 8.74. The molecule has 0 unspecified atom stereocenters. The second-order valence-corrected chi connectivity index (χ2v) is 8.74. The minimum absolute atomic E-state index is 0.0601. The van der Waals surface area contributed by atoms with Crippen LogP contribution in [-0.4, -0.2) is 73.7 Å². The van der Waals surface area contributed by atoms with E-state index in [9.17, 15) is 14.3 Å². The summed E-state index contributed by atoms with van der Waals surface area (Å²) in [5.74, 6) is 0.304. The normalized spacial score (nSPS) is 24.4. The molecule has 0 spiro atoms. The van der Waals surface area contributed by atoms with Crippen molar-refractivity contribution in [3.63, 3.8) is 0 Å². The second kappa shape index (κ2) is 8.03. The number of hydrogen-bond donors (Lipinski definition) is 3. The predicted octanol–water partition coefficient (Wildman–Crippen LogP) is 1.95. The number of ether oxygens (including phenoxy) is 1. The third-order valence-electron chi connectivity index (χ3n) is 6.73. The maximum absolute atomic E-state index is 14.5. The monoisotopic (exact) mass is 465 g/mol. The van der Waals surface area contributed by atoms with Crippen LogP contribution < -0.4 is 10.6 Å². The molecule has 34 heavy (non-hydrogen) atoms. The lowest BCUT2D eigenvalue weighted by molar-refractivity contribution is 0.0448. The van der Waals surface area contributed by atoms with Crippen molar-refractivity contribution in [2.45, 2.75) is 37.2 Å². The fraction of sp³-hybridized carbons (Fsp3) is 0.391. The summed E-state index contributed by atoms with van der Waals surface area (Å²) in [6, 6.07) is 4.85. The van der Waals surface area contributed by atoms with Gasteiger partial charge >= 0.3 is 0 Å². The zero-order valence-corrected chi connectivity index (χ0v) is 18.5. The number of fused-ring (bicyclic) bond motifs is 2. The lowest BCUT2D eigenvalue weighted by Crippen LogP contribution is -2.50. The Kier molecular flexibility index (Phi) is 4.96. The highest BCUT2D eigenvalue weighted by atomic mass is 19.1. The van der Waals surface area contributed by atoms with Crippen molar-refractivity contribution in [2.24, 2.45) is 0 Å². The maximum Gasteiger partial charge on any atom is 0.257 e. The molecule has 11 heteroatoms. The molecule has 0 radical (unpaired) electrons. The molecule has 4 aromatic heterocycles. The van der Waals surface area contributed by atoms with Crippen LogP contribution in [0.1, 0.15) is 29.2 Å². The molecule has 1 saturated carbocycles. The first kappa shape index (κ1) is 21.0. The molecule has 10 nitrogen and oxygen atoms in total. The van der Waals surface area contributed by atoms with Gasteiger partial charge in [0.25, 0.3) is 5.91 Å².